The molecule has 0 saturated heterocycles. The molecule has 3 nitrogen and oxygen atoms in total. The van der Waals surface area contributed by atoms with E-state index >= 15 is 0 Å². The van der Waals surface area contributed by atoms with E-state index in [1.165, 1.54) is 0 Å². The van der Waals surface area contributed by atoms with Gasteiger partial charge in [-0.2, -0.15) is 0 Å². The summed E-state index contributed by atoms with van der Waals surface area (Å²) in [5.74, 6) is -0.0168. The van der Waals surface area contributed by atoms with Gasteiger partial charge in [-0.25, -0.2) is 0 Å². The zero-order valence-electron chi connectivity index (χ0n) is 9.89. The van der Waals surface area contributed by atoms with Gasteiger partial charge in [-0.15, -0.1) is 0 Å². The van der Waals surface area contributed by atoms with Crippen LogP contribution in [-0.4, -0.2) is 18.5 Å². The van der Waals surface area contributed by atoms with Crippen LogP contribution in [0.5, 0.6) is 0 Å². The maximum atomic E-state index is 11.7. The van der Waals surface area contributed by atoms with E-state index in [0.29, 0.717) is 17.1 Å². The maximum absolute atomic E-state index is 11.7. The second kappa shape index (κ2) is 6.99. The monoisotopic (exact) mass is 318 g/mol. The Balaban J connectivity index is 2.53. The number of anilines is 1. The minimum Gasteiger partial charge on any atom is -0.326 e. The number of hydrogen-bond acceptors (Lipinski definition) is 2. The molecule has 0 radical (unpaired) electrons. The molecule has 0 aliphatic rings. The molecule has 0 aromatic heterocycles. The van der Waals surface area contributed by atoms with Crippen molar-refractivity contribution in [3.8, 4) is 0 Å². The van der Waals surface area contributed by atoms with Crippen LogP contribution in [0.4, 0.5) is 5.69 Å². The summed E-state index contributed by atoms with van der Waals surface area (Å²) >= 11 is 9.24. The molecule has 0 bridgehead atoms. The predicted molar refractivity (Wildman–Crippen MR) is 75.5 cm³/mol. The summed E-state index contributed by atoms with van der Waals surface area (Å²) in [5.41, 5.74) is 0.715. The van der Waals surface area contributed by atoms with Crippen molar-refractivity contribution < 1.29 is 4.79 Å². The van der Waals surface area contributed by atoms with Crippen molar-refractivity contribution in [2.45, 2.75) is 26.3 Å². The third-order valence-corrected chi connectivity index (χ3v) is 3.48. The number of benzene rings is 1. The van der Waals surface area contributed by atoms with Crippen LogP contribution in [0.25, 0.3) is 0 Å². The molecule has 1 atom stereocenters. The molecule has 1 rings (SSSR count). The Morgan fingerprint density at radius 3 is 2.82 bits per heavy atom. The minimum atomic E-state index is -0.0168. The Morgan fingerprint density at radius 2 is 2.24 bits per heavy atom. The molecule has 1 unspecified atom stereocenters. The van der Waals surface area contributed by atoms with Crippen LogP contribution in [-0.2, 0) is 4.79 Å². The number of nitrogens with one attached hydrogen (secondary N) is 2. The van der Waals surface area contributed by atoms with Gasteiger partial charge >= 0.3 is 0 Å². The molecule has 5 heteroatoms. The molecular formula is C12H16BrClN2O. The largest absolute Gasteiger partial charge is 0.326 e. The van der Waals surface area contributed by atoms with E-state index in [9.17, 15) is 4.79 Å². The van der Waals surface area contributed by atoms with Gasteiger partial charge in [-0.1, -0.05) is 18.5 Å². The Hall–Kier alpha value is -0.580. The smallest absolute Gasteiger partial charge is 0.225 e. The first-order chi connectivity index (χ1) is 8.02. The summed E-state index contributed by atoms with van der Waals surface area (Å²) in [6, 6.07) is 5.52. The highest BCUT2D eigenvalue weighted by Crippen LogP contribution is 2.25. The lowest BCUT2D eigenvalue weighted by Crippen LogP contribution is -2.30. The van der Waals surface area contributed by atoms with E-state index in [1.807, 2.05) is 26.0 Å². The third kappa shape index (κ3) is 5.06. The summed E-state index contributed by atoms with van der Waals surface area (Å²) in [7, 11) is 0. The van der Waals surface area contributed by atoms with Crippen molar-refractivity contribution in [2.24, 2.45) is 0 Å². The van der Waals surface area contributed by atoms with E-state index in [0.717, 1.165) is 11.0 Å². The van der Waals surface area contributed by atoms with Gasteiger partial charge in [0.1, 0.15) is 0 Å². The molecule has 17 heavy (non-hydrogen) atoms. The van der Waals surface area contributed by atoms with Gasteiger partial charge in [0.2, 0.25) is 5.91 Å². The lowest BCUT2D eigenvalue weighted by atomic mass is 10.2. The highest BCUT2D eigenvalue weighted by molar-refractivity contribution is 9.10. The number of carbonyl (C=O) groups is 1. The minimum absolute atomic E-state index is 0.0168. The molecule has 1 amide bonds. The fourth-order valence-electron chi connectivity index (χ4n) is 1.48. The molecule has 0 heterocycles. The van der Waals surface area contributed by atoms with Crippen molar-refractivity contribution in [3.05, 3.63) is 27.7 Å². The van der Waals surface area contributed by atoms with Crippen molar-refractivity contribution >= 4 is 39.1 Å². The summed E-state index contributed by atoms with van der Waals surface area (Å²) in [5, 5.41) is 6.59. The van der Waals surface area contributed by atoms with Gasteiger partial charge in [-0.3, -0.25) is 4.79 Å². The van der Waals surface area contributed by atoms with Crippen LogP contribution in [0.2, 0.25) is 5.02 Å². The normalized spacial score (nSPS) is 12.2. The predicted octanol–water partition coefficient (Wildman–Crippen LogP) is 3.43. The molecule has 2 N–H and O–H groups in total. The molecule has 1 aromatic carbocycles. The first kappa shape index (κ1) is 14.5. The van der Waals surface area contributed by atoms with E-state index < -0.39 is 0 Å². The summed E-state index contributed by atoms with van der Waals surface area (Å²) in [6.07, 6.45) is 0.446. The standard InChI is InChI=1S/C12H16BrClN2O/c1-3-15-8(2)6-12(17)16-9-4-5-10(13)11(14)7-9/h4-5,7-8,15H,3,6H2,1-2H3,(H,16,17). The lowest BCUT2D eigenvalue weighted by molar-refractivity contribution is -0.116. The van der Waals surface area contributed by atoms with Crippen LogP contribution in [0.15, 0.2) is 22.7 Å². The summed E-state index contributed by atoms with van der Waals surface area (Å²) in [4.78, 5) is 11.7. The Bertz CT molecular complexity index is 398. The molecule has 0 aliphatic carbocycles. The fraction of sp³-hybridized carbons (Fsp3) is 0.417. The first-order valence-electron chi connectivity index (χ1n) is 5.51. The van der Waals surface area contributed by atoms with Crippen LogP contribution < -0.4 is 10.6 Å². The highest BCUT2D eigenvalue weighted by Gasteiger charge is 2.08. The number of rotatable bonds is 5. The van der Waals surface area contributed by atoms with Crippen molar-refractivity contribution in [3.63, 3.8) is 0 Å². The summed E-state index contributed by atoms with van der Waals surface area (Å²) < 4.78 is 0.818. The molecule has 0 aliphatic heterocycles. The lowest BCUT2D eigenvalue weighted by Gasteiger charge is -2.12. The quantitative estimate of drug-likeness (QED) is 0.873. The molecule has 0 saturated carbocycles. The Kier molecular flexibility index (Phi) is 5.95. The maximum Gasteiger partial charge on any atom is 0.225 e. The average molecular weight is 320 g/mol. The van der Waals surface area contributed by atoms with E-state index in [-0.39, 0.29) is 11.9 Å². The topological polar surface area (TPSA) is 41.1 Å². The van der Waals surface area contributed by atoms with Gasteiger partial charge < -0.3 is 10.6 Å². The van der Waals surface area contributed by atoms with Crippen LogP contribution in [0.1, 0.15) is 20.3 Å². The Labute approximate surface area is 115 Å². The van der Waals surface area contributed by atoms with Crippen molar-refractivity contribution in [1.29, 1.82) is 0 Å². The number of hydrogen-bond donors (Lipinski definition) is 2. The highest BCUT2D eigenvalue weighted by atomic mass is 79.9. The zero-order chi connectivity index (χ0) is 12.8. The molecule has 94 valence electrons. The SMILES string of the molecule is CCNC(C)CC(=O)Nc1ccc(Br)c(Cl)c1. The fourth-order valence-corrected chi connectivity index (χ4v) is 1.91. The molecular weight excluding hydrogens is 304 g/mol. The Morgan fingerprint density at radius 1 is 1.53 bits per heavy atom. The second-order valence-corrected chi connectivity index (χ2v) is 5.10. The molecule has 0 spiro atoms. The van der Waals surface area contributed by atoms with Gasteiger partial charge in [-0.05, 0) is 47.6 Å². The number of amides is 1. The second-order valence-electron chi connectivity index (χ2n) is 3.84. The van der Waals surface area contributed by atoms with E-state index in [1.54, 1.807) is 6.07 Å². The summed E-state index contributed by atoms with van der Waals surface area (Å²) in [6.45, 7) is 4.86. The van der Waals surface area contributed by atoms with Crippen LogP contribution in [0.3, 0.4) is 0 Å². The van der Waals surface area contributed by atoms with Crippen molar-refractivity contribution in [2.75, 3.05) is 11.9 Å². The van der Waals surface area contributed by atoms with Gasteiger partial charge in [0.15, 0.2) is 0 Å². The third-order valence-electron chi connectivity index (χ3n) is 2.25. The van der Waals surface area contributed by atoms with Gasteiger partial charge in [0, 0.05) is 22.6 Å². The van der Waals surface area contributed by atoms with Gasteiger partial charge in [0.05, 0.1) is 5.02 Å². The van der Waals surface area contributed by atoms with E-state index in [4.69, 9.17) is 11.6 Å². The van der Waals surface area contributed by atoms with Crippen LogP contribution in [0, 0.1) is 0 Å². The number of carbonyl (C=O) groups excluding carboxylic acids is 1. The molecule has 0 fully saturated rings. The average Bonchev–Trinajstić information content (AvgIpc) is 2.23. The number of halogens is 2. The van der Waals surface area contributed by atoms with Crippen molar-refractivity contribution in [1.82, 2.24) is 5.32 Å². The molecule has 1 aromatic rings. The first-order valence-corrected chi connectivity index (χ1v) is 6.68. The zero-order valence-corrected chi connectivity index (χ0v) is 12.2. The van der Waals surface area contributed by atoms with Gasteiger partial charge in [0.25, 0.3) is 0 Å². The van der Waals surface area contributed by atoms with E-state index in [2.05, 4.69) is 26.6 Å². The van der Waals surface area contributed by atoms with Crippen LogP contribution >= 0.6 is 27.5 Å².